The van der Waals surface area contributed by atoms with E-state index in [9.17, 15) is 18.8 Å². The summed E-state index contributed by atoms with van der Waals surface area (Å²) in [6, 6.07) is 3.77. The first-order chi connectivity index (χ1) is 10.4. The van der Waals surface area contributed by atoms with Crippen molar-refractivity contribution in [2.75, 3.05) is 19.6 Å². The van der Waals surface area contributed by atoms with E-state index in [1.807, 2.05) is 0 Å². The number of benzene rings is 1. The summed E-state index contributed by atoms with van der Waals surface area (Å²) in [5.41, 5.74) is 0.155. The highest BCUT2D eigenvalue weighted by atomic mass is 79.9. The van der Waals surface area contributed by atoms with Crippen molar-refractivity contribution in [3.05, 3.63) is 34.1 Å². The minimum absolute atomic E-state index is 0.0259. The molecule has 8 heteroatoms. The van der Waals surface area contributed by atoms with E-state index in [2.05, 4.69) is 31.9 Å². The second kappa shape index (κ2) is 9.14. The highest BCUT2D eigenvalue weighted by Gasteiger charge is 2.11. The van der Waals surface area contributed by atoms with Crippen molar-refractivity contribution in [1.29, 1.82) is 0 Å². The standard InChI is InChI=1S/C14H17BrFN3O3/c1-2-17-13(21)8-19-12(20)5-6-18-14(22)10-7-9(16)3-4-11(10)15/h3-4,7H,2,5-6,8H2,1H3,(H,17,21)(H,18,22)(H,19,20). The van der Waals surface area contributed by atoms with Crippen LogP contribution >= 0.6 is 15.9 Å². The number of nitrogens with one attached hydrogen (secondary N) is 3. The van der Waals surface area contributed by atoms with Gasteiger partial charge in [-0.2, -0.15) is 0 Å². The maximum atomic E-state index is 13.1. The van der Waals surface area contributed by atoms with Gasteiger partial charge in [0.1, 0.15) is 5.82 Å². The van der Waals surface area contributed by atoms with Crippen molar-refractivity contribution in [3.63, 3.8) is 0 Å². The van der Waals surface area contributed by atoms with Crippen LogP contribution in [-0.2, 0) is 9.59 Å². The number of amides is 3. The molecule has 0 aliphatic heterocycles. The largest absolute Gasteiger partial charge is 0.355 e. The van der Waals surface area contributed by atoms with Crippen LogP contribution in [0.4, 0.5) is 4.39 Å². The van der Waals surface area contributed by atoms with E-state index in [4.69, 9.17) is 0 Å². The maximum Gasteiger partial charge on any atom is 0.252 e. The Morgan fingerprint density at radius 2 is 1.86 bits per heavy atom. The maximum absolute atomic E-state index is 13.1. The van der Waals surface area contributed by atoms with E-state index < -0.39 is 11.7 Å². The van der Waals surface area contributed by atoms with Gasteiger partial charge >= 0.3 is 0 Å². The molecule has 0 aromatic heterocycles. The van der Waals surface area contributed by atoms with Crippen LogP contribution in [-0.4, -0.2) is 37.4 Å². The van der Waals surface area contributed by atoms with E-state index in [0.717, 1.165) is 6.07 Å². The summed E-state index contributed by atoms with van der Waals surface area (Å²) < 4.78 is 13.6. The predicted molar refractivity (Wildman–Crippen MR) is 82.7 cm³/mol. The number of carbonyl (C=O) groups is 3. The molecule has 120 valence electrons. The Balaban J connectivity index is 2.34. The molecule has 0 bridgehead atoms. The van der Waals surface area contributed by atoms with Crippen LogP contribution in [0.5, 0.6) is 0 Å². The van der Waals surface area contributed by atoms with Gasteiger partial charge in [0.25, 0.3) is 5.91 Å². The lowest BCUT2D eigenvalue weighted by atomic mass is 10.2. The van der Waals surface area contributed by atoms with Crippen molar-refractivity contribution >= 4 is 33.7 Å². The Morgan fingerprint density at radius 1 is 1.14 bits per heavy atom. The lowest BCUT2D eigenvalue weighted by molar-refractivity contribution is -0.126. The van der Waals surface area contributed by atoms with Crippen LogP contribution in [0.25, 0.3) is 0 Å². The third-order valence-electron chi connectivity index (χ3n) is 2.63. The Morgan fingerprint density at radius 3 is 2.55 bits per heavy atom. The van der Waals surface area contributed by atoms with Gasteiger partial charge < -0.3 is 16.0 Å². The van der Waals surface area contributed by atoms with Gasteiger partial charge in [-0.1, -0.05) is 0 Å². The van der Waals surface area contributed by atoms with Crippen molar-refractivity contribution in [2.45, 2.75) is 13.3 Å². The molecule has 1 aromatic rings. The zero-order valence-electron chi connectivity index (χ0n) is 12.0. The first-order valence-electron chi connectivity index (χ1n) is 6.70. The monoisotopic (exact) mass is 373 g/mol. The van der Waals surface area contributed by atoms with Gasteiger partial charge in [-0.15, -0.1) is 0 Å². The fourth-order valence-electron chi connectivity index (χ4n) is 1.58. The van der Waals surface area contributed by atoms with Gasteiger partial charge in [0, 0.05) is 24.0 Å². The topological polar surface area (TPSA) is 87.3 Å². The lowest BCUT2D eigenvalue weighted by Crippen LogP contribution is -2.38. The molecule has 0 aliphatic rings. The Bertz CT molecular complexity index is 566. The molecule has 0 heterocycles. The van der Waals surface area contributed by atoms with Gasteiger partial charge in [-0.05, 0) is 41.1 Å². The number of hydrogen-bond acceptors (Lipinski definition) is 3. The molecule has 1 rings (SSSR count). The Labute approximate surface area is 136 Å². The minimum atomic E-state index is -0.520. The minimum Gasteiger partial charge on any atom is -0.355 e. The average Bonchev–Trinajstić information content (AvgIpc) is 2.48. The lowest BCUT2D eigenvalue weighted by Gasteiger charge is -2.08. The highest BCUT2D eigenvalue weighted by Crippen LogP contribution is 2.17. The summed E-state index contributed by atoms with van der Waals surface area (Å²) in [5, 5.41) is 7.49. The third kappa shape index (κ3) is 6.21. The van der Waals surface area contributed by atoms with Gasteiger partial charge in [-0.25, -0.2) is 4.39 Å². The molecule has 0 saturated carbocycles. The molecule has 3 amide bonds. The molecule has 0 saturated heterocycles. The zero-order valence-corrected chi connectivity index (χ0v) is 13.6. The summed E-state index contributed by atoms with van der Waals surface area (Å²) in [5.74, 6) is -1.63. The number of carbonyl (C=O) groups excluding carboxylic acids is 3. The molecule has 0 atom stereocenters. The molecule has 1 aromatic carbocycles. The summed E-state index contributed by atoms with van der Waals surface area (Å²) in [7, 11) is 0. The van der Waals surface area contributed by atoms with Crippen LogP contribution in [0.15, 0.2) is 22.7 Å². The molecule has 6 nitrogen and oxygen atoms in total. The summed E-state index contributed by atoms with van der Waals surface area (Å²) in [4.78, 5) is 34.5. The van der Waals surface area contributed by atoms with Gasteiger partial charge in [0.15, 0.2) is 0 Å². The fraction of sp³-hybridized carbons (Fsp3) is 0.357. The van der Waals surface area contributed by atoms with E-state index in [0.29, 0.717) is 11.0 Å². The highest BCUT2D eigenvalue weighted by molar-refractivity contribution is 9.10. The van der Waals surface area contributed by atoms with Gasteiger partial charge in [0.05, 0.1) is 12.1 Å². The first kappa shape index (κ1) is 18.1. The van der Waals surface area contributed by atoms with Crippen LogP contribution in [0.3, 0.4) is 0 Å². The van der Waals surface area contributed by atoms with Crippen LogP contribution in [0.1, 0.15) is 23.7 Å². The summed E-state index contributed by atoms with van der Waals surface area (Å²) >= 11 is 3.16. The number of halogens is 2. The van der Waals surface area contributed by atoms with Gasteiger partial charge in [-0.3, -0.25) is 14.4 Å². The molecule has 22 heavy (non-hydrogen) atoms. The van der Waals surface area contributed by atoms with E-state index in [1.165, 1.54) is 12.1 Å². The average molecular weight is 374 g/mol. The van der Waals surface area contributed by atoms with Crippen molar-refractivity contribution in [1.82, 2.24) is 16.0 Å². The summed E-state index contributed by atoms with van der Waals surface area (Å²) in [6.45, 7) is 2.26. The quantitative estimate of drug-likeness (QED) is 0.665. The molecule has 0 unspecified atom stereocenters. The predicted octanol–water partition coefficient (Wildman–Crippen LogP) is 0.960. The zero-order chi connectivity index (χ0) is 16.5. The molecule has 0 fully saturated rings. The van der Waals surface area contributed by atoms with E-state index in [-0.39, 0.29) is 36.9 Å². The molecule has 0 aliphatic carbocycles. The smallest absolute Gasteiger partial charge is 0.252 e. The Hall–Kier alpha value is -1.96. The molecule has 3 N–H and O–H groups in total. The normalized spacial score (nSPS) is 9.95. The van der Waals surface area contributed by atoms with Crippen LogP contribution in [0.2, 0.25) is 0 Å². The third-order valence-corrected chi connectivity index (χ3v) is 3.32. The molecular formula is C14H17BrFN3O3. The fourth-order valence-corrected chi connectivity index (χ4v) is 2.01. The van der Waals surface area contributed by atoms with E-state index in [1.54, 1.807) is 6.92 Å². The van der Waals surface area contributed by atoms with Gasteiger partial charge in [0.2, 0.25) is 11.8 Å². The number of hydrogen-bond donors (Lipinski definition) is 3. The van der Waals surface area contributed by atoms with Crippen molar-refractivity contribution < 1.29 is 18.8 Å². The van der Waals surface area contributed by atoms with Crippen LogP contribution in [0, 0.1) is 5.82 Å². The van der Waals surface area contributed by atoms with E-state index >= 15 is 0 Å². The first-order valence-corrected chi connectivity index (χ1v) is 7.50. The van der Waals surface area contributed by atoms with Crippen molar-refractivity contribution in [3.8, 4) is 0 Å². The SMILES string of the molecule is CCNC(=O)CNC(=O)CCNC(=O)c1cc(F)ccc1Br. The molecular weight excluding hydrogens is 357 g/mol. The second-order valence-corrected chi connectivity index (χ2v) is 5.21. The second-order valence-electron chi connectivity index (χ2n) is 4.36. The Kier molecular flexibility index (Phi) is 7.51. The van der Waals surface area contributed by atoms with Crippen LogP contribution < -0.4 is 16.0 Å². The number of rotatable bonds is 7. The molecule has 0 spiro atoms. The molecule has 0 radical (unpaired) electrons. The summed E-state index contributed by atoms with van der Waals surface area (Å²) in [6.07, 6.45) is 0.0259. The number of likely N-dealkylation sites (N-methyl/N-ethyl adjacent to an activating group) is 1. The van der Waals surface area contributed by atoms with Crippen molar-refractivity contribution in [2.24, 2.45) is 0 Å².